The Kier molecular flexibility index (Phi) is 5.27. The number of ether oxygens (including phenoxy) is 2. The molecule has 1 amide bonds. The molecule has 0 aromatic heterocycles. The van der Waals surface area contributed by atoms with E-state index in [0.29, 0.717) is 31.0 Å². The predicted molar refractivity (Wildman–Crippen MR) is 78.9 cm³/mol. The van der Waals surface area contributed by atoms with Crippen molar-refractivity contribution >= 4 is 18.3 Å². The van der Waals surface area contributed by atoms with Crippen LogP contribution in [0.3, 0.4) is 0 Å². The van der Waals surface area contributed by atoms with Gasteiger partial charge in [-0.3, -0.25) is 4.79 Å². The van der Waals surface area contributed by atoms with Crippen molar-refractivity contribution < 1.29 is 19.4 Å². The zero-order valence-electron chi connectivity index (χ0n) is 11.5. The maximum absolute atomic E-state index is 11.9. The molecule has 3 N–H and O–H groups in total. The number of hydrogen-bond donors (Lipinski definition) is 3. The molecule has 0 saturated carbocycles. The Morgan fingerprint density at radius 2 is 2.14 bits per heavy atom. The molecule has 2 aliphatic rings. The van der Waals surface area contributed by atoms with Crippen molar-refractivity contribution in [3.05, 3.63) is 23.8 Å². The monoisotopic (exact) mass is 314 g/mol. The van der Waals surface area contributed by atoms with Crippen molar-refractivity contribution in [2.75, 3.05) is 26.4 Å². The topological polar surface area (TPSA) is 79.8 Å². The highest BCUT2D eigenvalue weighted by Crippen LogP contribution is 2.32. The lowest BCUT2D eigenvalue weighted by atomic mass is 10.1. The number of benzene rings is 1. The highest BCUT2D eigenvalue weighted by atomic mass is 35.5. The first-order chi connectivity index (χ1) is 9.72. The molecule has 1 aromatic carbocycles. The van der Waals surface area contributed by atoms with Crippen LogP contribution in [-0.2, 0) is 11.2 Å². The van der Waals surface area contributed by atoms with E-state index in [1.165, 1.54) is 0 Å². The normalized spacial score (nSPS) is 22.7. The summed E-state index contributed by atoms with van der Waals surface area (Å²) < 4.78 is 10.5. The molecule has 1 aromatic rings. The van der Waals surface area contributed by atoms with Gasteiger partial charge in [-0.05, 0) is 17.7 Å². The van der Waals surface area contributed by atoms with E-state index in [1.807, 2.05) is 18.2 Å². The average Bonchev–Trinajstić information content (AvgIpc) is 3.04. The smallest absolute Gasteiger partial charge is 0.231 e. The lowest BCUT2D eigenvalue weighted by Crippen LogP contribution is -2.35. The Morgan fingerprint density at radius 3 is 2.90 bits per heavy atom. The number of carbonyl (C=O) groups is 1. The second-order valence-corrected chi connectivity index (χ2v) is 5.15. The molecule has 2 atom stereocenters. The zero-order valence-corrected chi connectivity index (χ0v) is 12.3. The van der Waals surface area contributed by atoms with Crippen LogP contribution >= 0.6 is 12.4 Å². The molecule has 21 heavy (non-hydrogen) atoms. The number of rotatable bonds is 4. The van der Waals surface area contributed by atoms with E-state index in [0.717, 1.165) is 12.1 Å². The van der Waals surface area contributed by atoms with Crippen LogP contribution in [0.1, 0.15) is 5.56 Å². The van der Waals surface area contributed by atoms with Gasteiger partial charge in [0.1, 0.15) is 0 Å². The molecule has 0 bridgehead atoms. The fourth-order valence-electron chi connectivity index (χ4n) is 2.47. The fraction of sp³-hybridized carbons (Fsp3) is 0.500. The van der Waals surface area contributed by atoms with Crippen molar-refractivity contribution in [3.8, 4) is 11.5 Å². The van der Waals surface area contributed by atoms with Crippen LogP contribution in [0.4, 0.5) is 0 Å². The maximum Gasteiger partial charge on any atom is 0.231 e. The summed E-state index contributed by atoms with van der Waals surface area (Å²) in [5.74, 6) is 1.44. The summed E-state index contributed by atoms with van der Waals surface area (Å²) >= 11 is 0. The number of hydrogen-bond acceptors (Lipinski definition) is 5. The van der Waals surface area contributed by atoms with E-state index in [2.05, 4.69) is 10.6 Å². The molecule has 0 spiro atoms. The van der Waals surface area contributed by atoms with Gasteiger partial charge in [0.05, 0.1) is 12.5 Å². The van der Waals surface area contributed by atoms with Gasteiger partial charge in [0, 0.05) is 25.6 Å². The SMILES string of the molecule is Cl.O=C(Cc1ccc2c(c1)OCO2)NCC1CNCC1O. The minimum absolute atomic E-state index is 0. The van der Waals surface area contributed by atoms with E-state index in [1.54, 1.807) is 0 Å². The molecule has 6 nitrogen and oxygen atoms in total. The number of carbonyl (C=O) groups excluding carboxylic acids is 1. The summed E-state index contributed by atoms with van der Waals surface area (Å²) in [6, 6.07) is 5.50. The summed E-state index contributed by atoms with van der Waals surface area (Å²) in [6.07, 6.45) is -0.0757. The third kappa shape index (κ3) is 3.78. The highest BCUT2D eigenvalue weighted by Gasteiger charge is 2.25. The quantitative estimate of drug-likeness (QED) is 0.733. The molecule has 0 aliphatic carbocycles. The molecular formula is C14H19ClN2O4. The molecule has 3 rings (SSSR count). The van der Waals surface area contributed by atoms with Crippen LogP contribution in [0, 0.1) is 5.92 Å². The van der Waals surface area contributed by atoms with Gasteiger partial charge >= 0.3 is 0 Å². The Bertz CT molecular complexity index is 512. The summed E-state index contributed by atoms with van der Waals surface area (Å²) in [7, 11) is 0. The first kappa shape index (κ1) is 15.9. The molecule has 2 aliphatic heterocycles. The zero-order chi connectivity index (χ0) is 13.9. The van der Waals surface area contributed by atoms with E-state index >= 15 is 0 Å². The minimum atomic E-state index is -0.374. The standard InChI is InChI=1S/C14H18N2O4.ClH/c17-11-7-15-5-10(11)6-16-14(18)4-9-1-2-12-13(3-9)20-8-19-12;/h1-3,10-11,15,17H,4-8H2,(H,16,18);1H. The third-order valence-electron chi connectivity index (χ3n) is 3.67. The third-order valence-corrected chi connectivity index (χ3v) is 3.67. The van der Waals surface area contributed by atoms with Crippen LogP contribution in [-0.4, -0.2) is 43.5 Å². The Balaban J connectivity index is 0.00000161. The van der Waals surface area contributed by atoms with E-state index < -0.39 is 0 Å². The molecule has 116 valence electrons. The second kappa shape index (κ2) is 6.98. The van der Waals surface area contributed by atoms with Gasteiger partial charge in [0.25, 0.3) is 0 Å². The number of amides is 1. The Labute approximate surface area is 129 Å². The molecule has 2 unspecified atom stereocenters. The van der Waals surface area contributed by atoms with Gasteiger partial charge in [-0.2, -0.15) is 0 Å². The van der Waals surface area contributed by atoms with Crippen LogP contribution < -0.4 is 20.1 Å². The van der Waals surface area contributed by atoms with Gasteiger partial charge < -0.3 is 25.2 Å². The van der Waals surface area contributed by atoms with Gasteiger partial charge in [-0.25, -0.2) is 0 Å². The average molecular weight is 315 g/mol. The van der Waals surface area contributed by atoms with E-state index in [4.69, 9.17) is 9.47 Å². The number of nitrogens with one attached hydrogen (secondary N) is 2. The summed E-state index contributed by atoms with van der Waals surface area (Å²) in [6.45, 7) is 2.07. The van der Waals surface area contributed by atoms with E-state index in [9.17, 15) is 9.90 Å². The van der Waals surface area contributed by atoms with Crippen molar-refractivity contribution in [1.82, 2.24) is 10.6 Å². The lowest BCUT2D eigenvalue weighted by molar-refractivity contribution is -0.120. The summed E-state index contributed by atoms with van der Waals surface area (Å²) in [5, 5.41) is 15.6. The lowest BCUT2D eigenvalue weighted by Gasteiger charge is -2.14. The molecule has 1 fully saturated rings. The fourth-order valence-corrected chi connectivity index (χ4v) is 2.47. The number of aliphatic hydroxyl groups excluding tert-OH is 1. The minimum Gasteiger partial charge on any atom is -0.454 e. The molecule has 1 saturated heterocycles. The summed E-state index contributed by atoms with van der Waals surface area (Å²) in [4.78, 5) is 11.9. The number of fused-ring (bicyclic) bond motifs is 1. The molecule has 2 heterocycles. The Morgan fingerprint density at radius 1 is 1.33 bits per heavy atom. The van der Waals surface area contributed by atoms with Crippen molar-refractivity contribution in [3.63, 3.8) is 0 Å². The van der Waals surface area contributed by atoms with Crippen molar-refractivity contribution in [2.24, 2.45) is 5.92 Å². The second-order valence-electron chi connectivity index (χ2n) is 5.15. The molecule has 0 radical (unpaired) electrons. The number of aliphatic hydroxyl groups is 1. The van der Waals surface area contributed by atoms with Crippen LogP contribution in [0.25, 0.3) is 0 Å². The van der Waals surface area contributed by atoms with Crippen LogP contribution in [0.5, 0.6) is 11.5 Å². The van der Waals surface area contributed by atoms with Gasteiger partial charge in [0.2, 0.25) is 12.7 Å². The van der Waals surface area contributed by atoms with Gasteiger partial charge in [-0.15, -0.1) is 12.4 Å². The molecule has 7 heteroatoms. The van der Waals surface area contributed by atoms with Gasteiger partial charge in [0.15, 0.2) is 11.5 Å². The molecular weight excluding hydrogens is 296 g/mol. The largest absolute Gasteiger partial charge is 0.454 e. The summed E-state index contributed by atoms with van der Waals surface area (Å²) in [5.41, 5.74) is 0.886. The first-order valence-corrected chi connectivity index (χ1v) is 6.76. The Hall–Kier alpha value is -1.50. The van der Waals surface area contributed by atoms with Gasteiger partial charge in [-0.1, -0.05) is 6.07 Å². The van der Waals surface area contributed by atoms with Crippen molar-refractivity contribution in [2.45, 2.75) is 12.5 Å². The number of β-amino-alcohol motifs (C(OH)–C–C–N with tert-alkyl or cyclic N) is 1. The highest BCUT2D eigenvalue weighted by molar-refractivity contribution is 5.85. The van der Waals surface area contributed by atoms with E-state index in [-0.39, 0.29) is 37.1 Å². The van der Waals surface area contributed by atoms with Crippen molar-refractivity contribution in [1.29, 1.82) is 0 Å². The van der Waals surface area contributed by atoms with Crippen LogP contribution in [0.2, 0.25) is 0 Å². The first-order valence-electron chi connectivity index (χ1n) is 6.76. The maximum atomic E-state index is 11.9. The number of halogens is 1. The van der Waals surface area contributed by atoms with Crippen LogP contribution in [0.15, 0.2) is 18.2 Å². The predicted octanol–water partition coefficient (Wildman–Crippen LogP) is 0.0761.